The van der Waals surface area contributed by atoms with Crippen LogP contribution < -0.4 is 5.32 Å². The molecule has 0 aliphatic carbocycles. The summed E-state index contributed by atoms with van der Waals surface area (Å²) in [4.78, 5) is 26.4. The number of likely N-dealkylation sites (tertiary alicyclic amines) is 1. The third-order valence-corrected chi connectivity index (χ3v) is 5.00. The highest BCUT2D eigenvalue weighted by Gasteiger charge is 2.31. The Labute approximate surface area is 160 Å². The molecule has 0 bridgehead atoms. The van der Waals surface area contributed by atoms with Crippen LogP contribution in [-0.2, 0) is 11.2 Å². The van der Waals surface area contributed by atoms with Crippen LogP contribution in [0.5, 0.6) is 0 Å². The number of rotatable bonds is 5. The van der Waals surface area contributed by atoms with Crippen LogP contribution in [0.15, 0.2) is 54.6 Å². The van der Waals surface area contributed by atoms with Gasteiger partial charge in [0.05, 0.1) is 12.1 Å². The van der Waals surface area contributed by atoms with Crippen LogP contribution in [0.1, 0.15) is 34.3 Å². The molecule has 0 spiro atoms. The first-order valence-electron chi connectivity index (χ1n) is 9.40. The van der Waals surface area contributed by atoms with Crippen molar-refractivity contribution in [2.75, 3.05) is 13.1 Å². The summed E-state index contributed by atoms with van der Waals surface area (Å²) in [5.74, 6) is -0.152. The summed E-state index contributed by atoms with van der Waals surface area (Å²) in [6.07, 6.45) is 0.859. The molecule has 0 radical (unpaired) electrons. The van der Waals surface area contributed by atoms with Crippen molar-refractivity contribution in [3.05, 3.63) is 71.3 Å². The third-order valence-electron chi connectivity index (χ3n) is 5.00. The van der Waals surface area contributed by atoms with E-state index in [0.717, 1.165) is 5.56 Å². The molecule has 1 aliphatic rings. The molecular formula is C22H26N2O3. The molecule has 2 atom stereocenters. The van der Waals surface area contributed by atoms with Crippen molar-refractivity contribution in [1.82, 2.24) is 10.2 Å². The van der Waals surface area contributed by atoms with Crippen molar-refractivity contribution in [3.8, 4) is 0 Å². The average Bonchev–Trinajstić information content (AvgIpc) is 2.69. The molecular weight excluding hydrogens is 340 g/mol. The molecule has 142 valence electrons. The molecule has 1 heterocycles. The minimum atomic E-state index is -0.755. The molecule has 0 unspecified atom stereocenters. The molecule has 27 heavy (non-hydrogen) atoms. The lowest BCUT2D eigenvalue weighted by molar-refractivity contribution is -0.123. The molecule has 3 rings (SSSR count). The highest BCUT2D eigenvalue weighted by atomic mass is 16.3. The van der Waals surface area contributed by atoms with Gasteiger partial charge < -0.3 is 15.3 Å². The van der Waals surface area contributed by atoms with Gasteiger partial charge in [-0.1, -0.05) is 48.0 Å². The fourth-order valence-corrected chi connectivity index (χ4v) is 3.34. The Kier molecular flexibility index (Phi) is 6.24. The first-order chi connectivity index (χ1) is 13.0. The van der Waals surface area contributed by atoms with E-state index in [0.29, 0.717) is 31.4 Å². The second-order valence-corrected chi connectivity index (χ2v) is 7.13. The predicted molar refractivity (Wildman–Crippen MR) is 104 cm³/mol. The Morgan fingerprint density at radius 3 is 2.48 bits per heavy atom. The number of aliphatic hydroxyl groups is 1. The largest absolute Gasteiger partial charge is 0.389 e. The molecule has 5 nitrogen and oxygen atoms in total. The Morgan fingerprint density at radius 2 is 1.81 bits per heavy atom. The maximum Gasteiger partial charge on any atom is 0.253 e. The molecule has 0 saturated carbocycles. The quantitative estimate of drug-likeness (QED) is 0.853. The monoisotopic (exact) mass is 366 g/mol. The van der Waals surface area contributed by atoms with E-state index in [2.05, 4.69) is 5.32 Å². The Bertz CT molecular complexity index is 774. The van der Waals surface area contributed by atoms with Gasteiger partial charge in [0.1, 0.15) is 0 Å². The van der Waals surface area contributed by atoms with Crippen molar-refractivity contribution in [3.63, 3.8) is 0 Å². The molecule has 0 aromatic heterocycles. The van der Waals surface area contributed by atoms with Gasteiger partial charge in [0.2, 0.25) is 5.91 Å². The van der Waals surface area contributed by atoms with Crippen LogP contribution >= 0.6 is 0 Å². The van der Waals surface area contributed by atoms with Crippen LogP contribution in [-0.4, -0.2) is 47.1 Å². The molecule has 2 N–H and O–H groups in total. The van der Waals surface area contributed by atoms with Gasteiger partial charge in [-0.15, -0.1) is 0 Å². The van der Waals surface area contributed by atoms with Gasteiger partial charge in [0.25, 0.3) is 5.91 Å². The number of carbonyl (C=O) groups excluding carboxylic acids is 2. The summed E-state index contributed by atoms with van der Waals surface area (Å²) in [6, 6.07) is 16.9. The molecule has 2 amide bonds. The lowest BCUT2D eigenvalue weighted by atomic mass is 10.00. The molecule has 1 aliphatic heterocycles. The van der Waals surface area contributed by atoms with Crippen LogP contribution in [0.2, 0.25) is 0 Å². The summed E-state index contributed by atoms with van der Waals surface area (Å²) in [6.45, 7) is 2.79. The van der Waals surface area contributed by atoms with E-state index in [1.807, 2.05) is 49.4 Å². The Morgan fingerprint density at radius 1 is 1.11 bits per heavy atom. The minimum Gasteiger partial charge on any atom is -0.389 e. The highest BCUT2D eigenvalue weighted by Crippen LogP contribution is 2.15. The van der Waals surface area contributed by atoms with Gasteiger partial charge in [0.15, 0.2) is 0 Å². The maximum absolute atomic E-state index is 12.5. The zero-order valence-corrected chi connectivity index (χ0v) is 15.6. The average molecular weight is 366 g/mol. The number of nitrogens with one attached hydrogen (secondary N) is 1. The van der Waals surface area contributed by atoms with Crippen LogP contribution in [0.25, 0.3) is 0 Å². The van der Waals surface area contributed by atoms with Crippen LogP contribution in [0.4, 0.5) is 0 Å². The van der Waals surface area contributed by atoms with Crippen molar-refractivity contribution in [1.29, 1.82) is 0 Å². The van der Waals surface area contributed by atoms with E-state index in [1.165, 1.54) is 5.56 Å². The lowest BCUT2D eigenvalue weighted by Crippen LogP contribution is -2.55. The van der Waals surface area contributed by atoms with Gasteiger partial charge in [-0.25, -0.2) is 0 Å². The smallest absolute Gasteiger partial charge is 0.253 e. The molecule has 5 heteroatoms. The number of hydrogen-bond donors (Lipinski definition) is 2. The number of nitrogens with zero attached hydrogens (tertiary/aromatic N) is 1. The second kappa shape index (κ2) is 8.82. The zero-order valence-electron chi connectivity index (χ0n) is 15.6. The summed E-state index contributed by atoms with van der Waals surface area (Å²) in [7, 11) is 0. The Hall–Kier alpha value is -2.66. The number of β-amino-alcohol motifs (C(OH)–C–C–N with tert-alkyl or cyclic N) is 1. The van der Waals surface area contributed by atoms with E-state index < -0.39 is 6.10 Å². The second-order valence-electron chi connectivity index (χ2n) is 7.13. The third kappa shape index (κ3) is 5.17. The highest BCUT2D eigenvalue weighted by molar-refractivity contribution is 5.94. The van der Waals surface area contributed by atoms with Crippen molar-refractivity contribution >= 4 is 11.8 Å². The predicted octanol–water partition coefficient (Wildman–Crippen LogP) is 2.32. The normalized spacial score (nSPS) is 19.6. The van der Waals surface area contributed by atoms with E-state index in [9.17, 15) is 14.7 Å². The minimum absolute atomic E-state index is 0.0672. The molecule has 2 aromatic carbocycles. The van der Waals surface area contributed by atoms with Crippen LogP contribution in [0.3, 0.4) is 0 Å². The SMILES string of the molecule is Cc1ccc(CCC(=O)N[C@@H]2CCN(C(=O)c3ccccc3)C[C@H]2O)cc1. The van der Waals surface area contributed by atoms with E-state index in [1.54, 1.807) is 17.0 Å². The number of amides is 2. The number of benzene rings is 2. The number of aliphatic hydroxyl groups excluding tert-OH is 1. The van der Waals surface area contributed by atoms with Gasteiger partial charge in [-0.2, -0.15) is 0 Å². The van der Waals surface area contributed by atoms with Gasteiger partial charge in [0, 0.05) is 25.1 Å². The first kappa shape index (κ1) is 19.1. The fraction of sp³-hybridized carbons (Fsp3) is 0.364. The summed E-state index contributed by atoms with van der Waals surface area (Å²) in [5.41, 5.74) is 2.94. The summed E-state index contributed by atoms with van der Waals surface area (Å²) in [5, 5.41) is 13.3. The molecule has 2 aromatic rings. The van der Waals surface area contributed by atoms with E-state index >= 15 is 0 Å². The van der Waals surface area contributed by atoms with Gasteiger partial charge in [-0.05, 0) is 37.5 Å². The van der Waals surface area contributed by atoms with E-state index in [-0.39, 0.29) is 24.4 Å². The van der Waals surface area contributed by atoms with Gasteiger partial charge in [-0.3, -0.25) is 9.59 Å². The molecule has 1 fully saturated rings. The summed E-state index contributed by atoms with van der Waals surface area (Å²) >= 11 is 0. The van der Waals surface area contributed by atoms with Crippen molar-refractivity contribution in [2.45, 2.75) is 38.3 Å². The number of aryl methyl sites for hydroxylation is 2. The molecule has 1 saturated heterocycles. The Balaban J connectivity index is 1.47. The number of piperidine rings is 1. The number of carbonyl (C=O) groups is 2. The standard InChI is InChI=1S/C22H26N2O3/c1-16-7-9-17(10-8-16)11-12-21(26)23-19-13-14-24(15-20(19)25)22(27)18-5-3-2-4-6-18/h2-10,19-20,25H,11-15H2,1H3,(H,23,26)/t19-,20-/m1/s1. The lowest BCUT2D eigenvalue weighted by Gasteiger charge is -2.36. The van der Waals surface area contributed by atoms with Crippen molar-refractivity contribution in [2.24, 2.45) is 0 Å². The van der Waals surface area contributed by atoms with Gasteiger partial charge >= 0.3 is 0 Å². The first-order valence-corrected chi connectivity index (χ1v) is 9.40. The fourth-order valence-electron chi connectivity index (χ4n) is 3.34. The summed E-state index contributed by atoms with van der Waals surface area (Å²) < 4.78 is 0. The number of hydrogen-bond acceptors (Lipinski definition) is 3. The zero-order chi connectivity index (χ0) is 19.2. The topological polar surface area (TPSA) is 69.6 Å². The van der Waals surface area contributed by atoms with Crippen LogP contribution in [0, 0.1) is 6.92 Å². The van der Waals surface area contributed by atoms with Crippen molar-refractivity contribution < 1.29 is 14.7 Å². The van der Waals surface area contributed by atoms with E-state index in [4.69, 9.17) is 0 Å². The maximum atomic E-state index is 12.5.